The van der Waals surface area contributed by atoms with Gasteiger partial charge in [-0.3, -0.25) is 9.00 Å². The Hall–Kier alpha value is -1.89. The quantitative estimate of drug-likeness (QED) is 0.537. The normalized spacial score (nSPS) is 12.6. The molecule has 1 rings (SSSR count). The maximum Gasteiger partial charge on any atom is 0.243 e. The first-order valence-corrected chi connectivity index (χ1v) is 9.13. The number of benzene rings is 1. The van der Waals surface area contributed by atoms with Crippen LogP contribution < -0.4 is 10.6 Å². The molecular formula is C16H26N4O2S. The van der Waals surface area contributed by atoms with E-state index >= 15 is 0 Å². The molecule has 2 N–H and O–H groups in total. The Morgan fingerprint density at radius 2 is 1.91 bits per heavy atom. The lowest BCUT2D eigenvalue weighted by Gasteiger charge is -2.12. The largest absolute Gasteiger partial charge is 0.357 e. The van der Waals surface area contributed by atoms with Crippen LogP contribution in [0.15, 0.2) is 35.3 Å². The topological polar surface area (TPSA) is 73.8 Å². The van der Waals surface area contributed by atoms with Crippen molar-refractivity contribution in [3.05, 3.63) is 35.9 Å². The third-order valence-electron chi connectivity index (χ3n) is 3.01. The van der Waals surface area contributed by atoms with E-state index in [0.717, 1.165) is 5.56 Å². The summed E-state index contributed by atoms with van der Waals surface area (Å²) in [7, 11) is 2.47. The Balaban J connectivity index is 2.38. The van der Waals surface area contributed by atoms with E-state index in [-0.39, 0.29) is 12.5 Å². The zero-order valence-corrected chi connectivity index (χ0v) is 14.9. The standard InChI is InChI=1S/C16H26N4O2S/c1-4-17-16(19-12-15(21)20(2)3)18-10-11-23(22)13-14-8-6-5-7-9-14/h5-9H,4,10-13H2,1-3H3,(H2,17,18,19). The molecule has 0 aliphatic carbocycles. The molecule has 0 bridgehead atoms. The molecule has 0 saturated carbocycles. The smallest absolute Gasteiger partial charge is 0.243 e. The van der Waals surface area contributed by atoms with Crippen molar-refractivity contribution < 1.29 is 9.00 Å². The molecule has 128 valence electrons. The second-order valence-corrected chi connectivity index (χ2v) is 6.76. The Bertz CT molecular complexity index is 532. The minimum Gasteiger partial charge on any atom is -0.357 e. The van der Waals surface area contributed by atoms with Gasteiger partial charge in [0.05, 0.1) is 0 Å². The van der Waals surface area contributed by atoms with Gasteiger partial charge in [-0.2, -0.15) is 0 Å². The molecule has 7 heteroatoms. The Morgan fingerprint density at radius 3 is 2.52 bits per heavy atom. The van der Waals surface area contributed by atoms with Gasteiger partial charge in [0.25, 0.3) is 0 Å². The SMILES string of the molecule is CCNC(=NCC(=O)N(C)C)NCCS(=O)Cc1ccccc1. The fraction of sp³-hybridized carbons (Fsp3) is 0.500. The number of guanidine groups is 1. The number of aliphatic imine (C=N–C) groups is 1. The van der Waals surface area contributed by atoms with Crippen LogP contribution in [0.25, 0.3) is 0 Å². The summed E-state index contributed by atoms with van der Waals surface area (Å²) in [5.74, 6) is 1.59. The van der Waals surface area contributed by atoms with Gasteiger partial charge in [-0.25, -0.2) is 4.99 Å². The predicted molar refractivity (Wildman–Crippen MR) is 95.8 cm³/mol. The van der Waals surface area contributed by atoms with Crippen LogP contribution in [-0.4, -0.2) is 60.5 Å². The summed E-state index contributed by atoms with van der Waals surface area (Å²) >= 11 is 0. The summed E-state index contributed by atoms with van der Waals surface area (Å²) in [6, 6.07) is 9.79. The Labute approximate surface area is 140 Å². The molecule has 0 fully saturated rings. The first kappa shape index (κ1) is 19.2. The molecule has 23 heavy (non-hydrogen) atoms. The number of hydrogen-bond acceptors (Lipinski definition) is 3. The number of nitrogens with zero attached hydrogens (tertiary/aromatic N) is 2. The van der Waals surface area contributed by atoms with Crippen molar-refractivity contribution >= 4 is 22.7 Å². The molecule has 1 aromatic carbocycles. The summed E-state index contributed by atoms with van der Waals surface area (Å²) in [5, 5.41) is 6.18. The van der Waals surface area contributed by atoms with Crippen LogP contribution in [0, 0.1) is 0 Å². The van der Waals surface area contributed by atoms with E-state index in [1.165, 1.54) is 4.90 Å². The van der Waals surface area contributed by atoms with E-state index in [9.17, 15) is 9.00 Å². The fourth-order valence-corrected chi connectivity index (χ4v) is 2.78. The van der Waals surface area contributed by atoms with Crippen LogP contribution in [-0.2, 0) is 21.3 Å². The second kappa shape index (κ2) is 10.8. The molecule has 1 amide bonds. The van der Waals surface area contributed by atoms with Crippen molar-refractivity contribution in [2.75, 3.05) is 39.5 Å². The molecule has 1 atom stereocenters. The lowest BCUT2D eigenvalue weighted by Crippen LogP contribution is -2.40. The van der Waals surface area contributed by atoms with Crippen molar-refractivity contribution in [3.8, 4) is 0 Å². The number of amides is 1. The second-order valence-electron chi connectivity index (χ2n) is 5.18. The van der Waals surface area contributed by atoms with E-state index in [0.29, 0.717) is 30.6 Å². The lowest BCUT2D eigenvalue weighted by molar-refractivity contribution is -0.127. The molecule has 0 aliphatic rings. The maximum atomic E-state index is 12.1. The average molecular weight is 338 g/mol. The molecule has 0 aromatic heterocycles. The van der Waals surface area contributed by atoms with Gasteiger partial charge in [-0.15, -0.1) is 0 Å². The van der Waals surface area contributed by atoms with Crippen molar-refractivity contribution in [1.29, 1.82) is 0 Å². The van der Waals surface area contributed by atoms with Crippen LogP contribution >= 0.6 is 0 Å². The highest BCUT2D eigenvalue weighted by atomic mass is 32.2. The monoisotopic (exact) mass is 338 g/mol. The summed E-state index contributed by atoms with van der Waals surface area (Å²) in [5.41, 5.74) is 1.07. The molecule has 1 unspecified atom stereocenters. The molecule has 6 nitrogen and oxygen atoms in total. The Kier molecular flexibility index (Phi) is 8.97. The van der Waals surface area contributed by atoms with E-state index in [4.69, 9.17) is 0 Å². The predicted octanol–water partition coefficient (Wildman–Crippen LogP) is 0.579. The molecule has 0 heterocycles. The first-order chi connectivity index (χ1) is 11.0. The van der Waals surface area contributed by atoms with Gasteiger partial charge in [0.15, 0.2) is 5.96 Å². The van der Waals surface area contributed by atoms with Gasteiger partial charge in [0, 0.05) is 49.5 Å². The van der Waals surface area contributed by atoms with Gasteiger partial charge >= 0.3 is 0 Å². The fourth-order valence-electron chi connectivity index (χ4n) is 1.75. The number of nitrogens with one attached hydrogen (secondary N) is 2. The molecule has 0 saturated heterocycles. The zero-order chi connectivity index (χ0) is 17.1. The van der Waals surface area contributed by atoms with E-state index in [1.54, 1.807) is 14.1 Å². The summed E-state index contributed by atoms with van der Waals surface area (Å²) in [6.45, 7) is 3.30. The maximum absolute atomic E-state index is 12.1. The minimum absolute atomic E-state index is 0.0603. The number of carbonyl (C=O) groups is 1. The molecular weight excluding hydrogens is 312 g/mol. The van der Waals surface area contributed by atoms with Crippen molar-refractivity contribution in [3.63, 3.8) is 0 Å². The molecule has 0 radical (unpaired) electrons. The number of carbonyl (C=O) groups excluding carboxylic acids is 1. The summed E-state index contributed by atoms with van der Waals surface area (Å²) < 4.78 is 12.1. The van der Waals surface area contributed by atoms with Gasteiger partial charge in [-0.05, 0) is 12.5 Å². The first-order valence-electron chi connectivity index (χ1n) is 7.64. The van der Waals surface area contributed by atoms with E-state index in [1.807, 2.05) is 37.3 Å². The van der Waals surface area contributed by atoms with Gasteiger partial charge < -0.3 is 15.5 Å². The number of likely N-dealkylation sites (N-methyl/N-ethyl adjacent to an activating group) is 1. The molecule has 0 aliphatic heterocycles. The average Bonchev–Trinajstić information content (AvgIpc) is 2.53. The van der Waals surface area contributed by atoms with Crippen molar-refractivity contribution in [1.82, 2.24) is 15.5 Å². The third-order valence-corrected chi connectivity index (χ3v) is 4.32. The number of hydrogen-bond donors (Lipinski definition) is 2. The van der Waals surface area contributed by atoms with Crippen molar-refractivity contribution in [2.45, 2.75) is 12.7 Å². The third kappa shape index (κ3) is 8.35. The molecule has 0 spiro atoms. The van der Waals surface area contributed by atoms with E-state index in [2.05, 4.69) is 15.6 Å². The molecule has 1 aromatic rings. The zero-order valence-electron chi connectivity index (χ0n) is 14.0. The number of rotatable bonds is 8. The van der Waals surface area contributed by atoms with Crippen LogP contribution in [0.1, 0.15) is 12.5 Å². The van der Waals surface area contributed by atoms with Gasteiger partial charge in [0.1, 0.15) is 6.54 Å². The van der Waals surface area contributed by atoms with Crippen LogP contribution in [0.3, 0.4) is 0 Å². The minimum atomic E-state index is -0.932. The summed E-state index contributed by atoms with van der Waals surface area (Å²) in [6.07, 6.45) is 0. The lowest BCUT2D eigenvalue weighted by atomic mass is 10.2. The summed E-state index contributed by atoms with van der Waals surface area (Å²) in [4.78, 5) is 17.3. The van der Waals surface area contributed by atoms with E-state index < -0.39 is 10.8 Å². The highest BCUT2D eigenvalue weighted by molar-refractivity contribution is 7.84. The van der Waals surface area contributed by atoms with Gasteiger partial charge in [0.2, 0.25) is 5.91 Å². The highest BCUT2D eigenvalue weighted by Crippen LogP contribution is 2.02. The van der Waals surface area contributed by atoms with Crippen LogP contribution in [0.4, 0.5) is 0 Å². The van der Waals surface area contributed by atoms with Crippen molar-refractivity contribution in [2.24, 2.45) is 4.99 Å². The Morgan fingerprint density at radius 1 is 1.22 bits per heavy atom. The van der Waals surface area contributed by atoms with Gasteiger partial charge in [-0.1, -0.05) is 30.3 Å². The highest BCUT2D eigenvalue weighted by Gasteiger charge is 2.05. The van der Waals surface area contributed by atoms with Crippen LogP contribution in [0.5, 0.6) is 0 Å². The van der Waals surface area contributed by atoms with Crippen LogP contribution in [0.2, 0.25) is 0 Å².